The molecule has 19 heavy (non-hydrogen) atoms. The van der Waals surface area contributed by atoms with Gasteiger partial charge in [-0.05, 0) is 45.0 Å². The number of aromatic hydroxyl groups is 1. The third kappa shape index (κ3) is 3.71. The molecular weight excluding hydrogens is 262 g/mol. The van der Waals surface area contributed by atoms with Gasteiger partial charge in [-0.15, -0.1) is 0 Å². The molecule has 1 heterocycles. The van der Waals surface area contributed by atoms with Crippen LogP contribution in [0.25, 0.3) is 0 Å². The number of Topliss-reactive ketones (excluding diaryl/α,β-unsaturated/α-hetero) is 1. The normalized spacial score (nSPS) is 17.2. The van der Waals surface area contributed by atoms with Gasteiger partial charge in [-0.3, -0.25) is 9.69 Å². The molecule has 0 aliphatic carbocycles. The minimum atomic E-state index is -0.155. The lowest BCUT2D eigenvalue weighted by Gasteiger charge is -2.21. The lowest BCUT2D eigenvalue weighted by Crippen LogP contribution is -2.24. The van der Waals surface area contributed by atoms with Gasteiger partial charge in [-0.25, -0.2) is 0 Å². The summed E-state index contributed by atoms with van der Waals surface area (Å²) in [6.45, 7) is 4.19. The number of rotatable bonds is 3. The Balaban J connectivity index is 2.21. The minimum Gasteiger partial charge on any atom is -0.507 e. The number of carbonyl (C=O) groups is 1. The van der Waals surface area contributed by atoms with E-state index in [-0.39, 0.29) is 11.5 Å². The number of halogens is 1. The van der Waals surface area contributed by atoms with Crippen LogP contribution >= 0.6 is 11.6 Å². The van der Waals surface area contributed by atoms with Crippen molar-refractivity contribution in [2.45, 2.75) is 39.2 Å². The molecular formula is C15H20ClNO2. The molecule has 0 bridgehead atoms. The molecule has 4 heteroatoms. The van der Waals surface area contributed by atoms with E-state index in [1.165, 1.54) is 38.7 Å². The van der Waals surface area contributed by atoms with Crippen LogP contribution in [0.15, 0.2) is 12.1 Å². The molecule has 0 radical (unpaired) electrons. The zero-order valence-corrected chi connectivity index (χ0v) is 12.0. The average molecular weight is 282 g/mol. The fourth-order valence-electron chi connectivity index (χ4n) is 2.58. The van der Waals surface area contributed by atoms with Crippen molar-refractivity contribution >= 4 is 17.4 Å². The van der Waals surface area contributed by atoms with Crippen LogP contribution < -0.4 is 0 Å². The first-order chi connectivity index (χ1) is 9.08. The SMILES string of the molecule is CC(=O)c1cc(Cl)cc(CN2CCCCCC2)c1O. The molecule has 2 rings (SSSR count). The van der Waals surface area contributed by atoms with Crippen molar-refractivity contribution in [1.29, 1.82) is 0 Å². The summed E-state index contributed by atoms with van der Waals surface area (Å²) >= 11 is 6.03. The number of ketones is 1. The number of carbonyl (C=O) groups excluding carboxylic acids is 1. The lowest BCUT2D eigenvalue weighted by molar-refractivity contribution is 0.101. The maximum atomic E-state index is 11.5. The van der Waals surface area contributed by atoms with Crippen LogP contribution in [-0.4, -0.2) is 28.9 Å². The highest BCUT2D eigenvalue weighted by atomic mass is 35.5. The Kier molecular flexibility index (Phi) is 4.83. The molecule has 1 aliphatic rings. The van der Waals surface area contributed by atoms with Crippen molar-refractivity contribution in [3.8, 4) is 5.75 Å². The number of benzene rings is 1. The quantitative estimate of drug-likeness (QED) is 0.860. The first-order valence-corrected chi connectivity index (χ1v) is 7.20. The highest BCUT2D eigenvalue weighted by Crippen LogP contribution is 2.29. The van der Waals surface area contributed by atoms with Crippen LogP contribution in [0.4, 0.5) is 0 Å². The molecule has 3 nitrogen and oxygen atoms in total. The second kappa shape index (κ2) is 6.40. The van der Waals surface area contributed by atoms with E-state index in [1.54, 1.807) is 6.07 Å². The van der Waals surface area contributed by atoms with E-state index in [9.17, 15) is 9.90 Å². The van der Waals surface area contributed by atoms with E-state index >= 15 is 0 Å². The summed E-state index contributed by atoms with van der Waals surface area (Å²) in [5, 5.41) is 10.7. The third-order valence-electron chi connectivity index (χ3n) is 3.63. The number of hydrogen-bond donors (Lipinski definition) is 1. The van der Waals surface area contributed by atoms with E-state index in [1.807, 2.05) is 0 Å². The van der Waals surface area contributed by atoms with Crippen molar-refractivity contribution in [2.24, 2.45) is 0 Å². The lowest BCUT2D eigenvalue weighted by atomic mass is 10.1. The van der Waals surface area contributed by atoms with Gasteiger partial charge < -0.3 is 5.11 Å². The summed E-state index contributed by atoms with van der Waals surface area (Å²) in [7, 11) is 0. The second-order valence-electron chi connectivity index (χ2n) is 5.21. The van der Waals surface area contributed by atoms with E-state index in [4.69, 9.17) is 11.6 Å². The van der Waals surface area contributed by atoms with Gasteiger partial charge in [-0.2, -0.15) is 0 Å². The van der Waals surface area contributed by atoms with Gasteiger partial charge in [0.15, 0.2) is 5.78 Å². The van der Waals surface area contributed by atoms with Crippen molar-refractivity contribution in [3.63, 3.8) is 0 Å². The predicted molar refractivity (Wildman–Crippen MR) is 76.9 cm³/mol. The summed E-state index contributed by atoms with van der Waals surface area (Å²) < 4.78 is 0. The summed E-state index contributed by atoms with van der Waals surface area (Å²) in [6, 6.07) is 3.29. The van der Waals surface area contributed by atoms with Crippen LogP contribution in [0, 0.1) is 0 Å². The smallest absolute Gasteiger partial charge is 0.163 e. The van der Waals surface area contributed by atoms with Gasteiger partial charge in [-0.1, -0.05) is 24.4 Å². The van der Waals surface area contributed by atoms with Crippen LogP contribution in [-0.2, 0) is 6.54 Å². The number of likely N-dealkylation sites (tertiary alicyclic amines) is 1. The summed E-state index contributed by atoms with van der Waals surface area (Å²) in [5.41, 5.74) is 1.07. The third-order valence-corrected chi connectivity index (χ3v) is 3.84. The van der Waals surface area contributed by atoms with Crippen molar-refractivity contribution in [3.05, 3.63) is 28.3 Å². The molecule has 104 valence electrons. The van der Waals surface area contributed by atoms with Gasteiger partial charge >= 0.3 is 0 Å². The Morgan fingerprint density at radius 3 is 2.47 bits per heavy atom. The molecule has 0 amide bonds. The Morgan fingerprint density at radius 2 is 1.89 bits per heavy atom. The standard InChI is InChI=1S/C15H20ClNO2/c1-11(18)14-9-13(16)8-12(15(14)19)10-17-6-4-2-3-5-7-17/h8-9,19H,2-7,10H2,1H3. The van der Waals surface area contributed by atoms with Gasteiger partial charge in [0, 0.05) is 17.1 Å². The molecule has 0 unspecified atom stereocenters. The van der Waals surface area contributed by atoms with Gasteiger partial charge in [0.1, 0.15) is 5.75 Å². The Labute approximate surface area is 119 Å². The summed E-state index contributed by atoms with van der Waals surface area (Å²) in [5.74, 6) is -0.0711. The predicted octanol–water partition coefficient (Wildman–Crippen LogP) is 3.62. The van der Waals surface area contributed by atoms with Crippen LogP contribution in [0.2, 0.25) is 5.02 Å². The highest BCUT2D eigenvalue weighted by Gasteiger charge is 2.16. The first kappa shape index (κ1) is 14.4. The highest BCUT2D eigenvalue weighted by molar-refractivity contribution is 6.31. The zero-order valence-electron chi connectivity index (χ0n) is 11.3. The number of nitrogens with zero attached hydrogens (tertiary/aromatic N) is 1. The van der Waals surface area contributed by atoms with Crippen LogP contribution in [0.5, 0.6) is 5.75 Å². The van der Waals surface area contributed by atoms with E-state index < -0.39 is 0 Å². The van der Waals surface area contributed by atoms with Gasteiger partial charge in [0.2, 0.25) is 0 Å². The second-order valence-corrected chi connectivity index (χ2v) is 5.64. The van der Waals surface area contributed by atoms with Crippen LogP contribution in [0.3, 0.4) is 0 Å². The van der Waals surface area contributed by atoms with Gasteiger partial charge in [0.25, 0.3) is 0 Å². The fraction of sp³-hybridized carbons (Fsp3) is 0.533. The topological polar surface area (TPSA) is 40.5 Å². The van der Waals surface area contributed by atoms with E-state index in [0.29, 0.717) is 17.1 Å². The van der Waals surface area contributed by atoms with Crippen molar-refractivity contribution in [1.82, 2.24) is 4.90 Å². The molecule has 1 aromatic carbocycles. The Bertz CT molecular complexity index is 465. The Hall–Kier alpha value is -1.06. The molecule has 1 aliphatic heterocycles. The Morgan fingerprint density at radius 1 is 1.26 bits per heavy atom. The molecule has 0 atom stereocenters. The fourth-order valence-corrected chi connectivity index (χ4v) is 2.82. The molecule has 1 saturated heterocycles. The van der Waals surface area contributed by atoms with E-state index in [0.717, 1.165) is 18.7 Å². The van der Waals surface area contributed by atoms with Crippen LogP contribution in [0.1, 0.15) is 48.5 Å². The molecule has 0 saturated carbocycles. The van der Waals surface area contributed by atoms with Crippen molar-refractivity contribution < 1.29 is 9.90 Å². The van der Waals surface area contributed by atoms with E-state index in [2.05, 4.69) is 4.90 Å². The first-order valence-electron chi connectivity index (χ1n) is 6.82. The largest absolute Gasteiger partial charge is 0.507 e. The minimum absolute atomic E-state index is 0.0844. The summed E-state index contributed by atoms with van der Waals surface area (Å²) in [6.07, 6.45) is 4.94. The number of hydrogen-bond acceptors (Lipinski definition) is 3. The number of phenols is 1. The molecule has 1 fully saturated rings. The molecule has 1 aromatic rings. The zero-order chi connectivity index (χ0) is 13.8. The molecule has 0 aromatic heterocycles. The van der Waals surface area contributed by atoms with Gasteiger partial charge in [0.05, 0.1) is 5.56 Å². The number of phenolic OH excluding ortho intramolecular Hbond substituents is 1. The average Bonchev–Trinajstić information content (AvgIpc) is 2.61. The molecule has 0 spiro atoms. The maximum Gasteiger partial charge on any atom is 0.163 e. The summed E-state index contributed by atoms with van der Waals surface area (Å²) in [4.78, 5) is 13.8. The monoisotopic (exact) mass is 281 g/mol. The maximum absolute atomic E-state index is 11.5. The molecule has 1 N–H and O–H groups in total. The van der Waals surface area contributed by atoms with Crippen molar-refractivity contribution in [2.75, 3.05) is 13.1 Å².